The van der Waals surface area contributed by atoms with Crippen LogP contribution in [0.4, 0.5) is 0 Å². The second-order valence-corrected chi connectivity index (χ2v) is 4.60. The van der Waals surface area contributed by atoms with Gasteiger partial charge in [-0.25, -0.2) is 0 Å². The third kappa shape index (κ3) is 4.10. The van der Waals surface area contributed by atoms with Gasteiger partial charge in [-0.15, -0.1) is 0 Å². The number of nitrogens with zero attached hydrogens (tertiary/aromatic N) is 1. The second kappa shape index (κ2) is 6.95. The van der Waals surface area contributed by atoms with Gasteiger partial charge in [-0.2, -0.15) is 5.10 Å². The summed E-state index contributed by atoms with van der Waals surface area (Å²) >= 11 is 0. The van der Waals surface area contributed by atoms with Gasteiger partial charge in [0.2, 0.25) is 0 Å². The molecule has 0 amide bonds. The Morgan fingerprint density at radius 1 is 1.21 bits per heavy atom. The Bertz CT molecular complexity index is 474. The van der Waals surface area contributed by atoms with Crippen LogP contribution in [0.15, 0.2) is 30.3 Å². The second-order valence-electron chi connectivity index (χ2n) is 4.60. The van der Waals surface area contributed by atoms with Gasteiger partial charge >= 0.3 is 0 Å². The lowest BCUT2D eigenvalue weighted by atomic mass is 10.2. The molecule has 0 radical (unpaired) electrons. The number of aromatic nitrogens is 2. The van der Waals surface area contributed by atoms with E-state index in [0.717, 1.165) is 43.3 Å². The summed E-state index contributed by atoms with van der Waals surface area (Å²) in [6.45, 7) is 6.62. The summed E-state index contributed by atoms with van der Waals surface area (Å²) in [5.41, 5.74) is 3.49. The number of aryl methyl sites for hydroxylation is 2. The fourth-order valence-electron chi connectivity index (χ4n) is 1.95. The van der Waals surface area contributed by atoms with Crippen molar-refractivity contribution in [2.24, 2.45) is 0 Å². The van der Waals surface area contributed by atoms with Crippen LogP contribution in [0.25, 0.3) is 0 Å². The van der Waals surface area contributed by atoms with Crippen LogP contribution in [0.3, 0.4) is 0 Å². The minimum absolute atomic E-state index is 0.736. The van der Waals surface area contributed by atoms with Crippen molar-refractivity contribution < 1.29 is 4.74 Å². The van der Waals surface area contributed by atoms with Gasteiger partial charge in [-0.05, 0) is 38.9 Å². The summed E-state index contributed by atoms with van der Waals surface area (Å²) < 4.78 is 5.63. The third-order valence-electron chi connectivity index (χ3n) is 3.09. The number of benzene rings is 1. The molecular formula is C15H21N3O. The van der Waals surface area contributed by atoms with E-state index < -0.39 is 0 Å². The molecule has 0 saturated heterocycles. The van der Waals surface area contributed by atoms with Gasteiger partial charge in [-0.1, -0.05) is 18.2 Å². The largest absolute Gasteiger partial charge is 0.494 e. The monoisotopic (exact) mass is 259 g/mol. The molecule has 2 aromatic rings. The summed E-state index contributed by atoms with van der Waals surface area (Å²) in [4.78, 5) is 0. The average Bonchev–Trinajstić information content (AvgIpc) is 2.75. The molecule has 2 N–H and O–H groups in total. The fraction of sp³-hybridized carbons (Fsp3) is 0.400. The van der Waals surface area contributed by atoms with Crippen LogP contribution in [0, 0.1) is 13.8 Å². The highest BCUT2D eigenvalue weighted by molar-refractivity contribution is 5.22. The number of ether oxygens (including phenoxy) is 1. The van der Waals surface area contributed by atoms with Crippen LogP contribution in [0.2, 0.25) is 0 Å². The van der Waals surface area contributed by atoms with E-state index in [-0.39, 0.29) is 0 Å². The summed E-state index contributed by atoms with van der Waals surface area (Å²) in [6, 6.07) is 9.91. The normalized spacial score (nSPS) is 10.6. The van der Waals surface area contributed by atoms with Crippen LogP contribution in [0.1, 0.15) is 23.4 Å². The van der Waals surface area contributed by atoms with E-state index in [1.54, 1.807) is 0 Å². The van der Waals surface area contributed by atoms with Gasteiger partial charge in [0.1, 0.15) is 5.75 Å². The van der Waals surface area contributed by atoms with E-state index in [0.29, 0.717) is 0 Å². The molecule has 0 unspecified atom stereocenters. The zero-order valence-electron chi connectivity index (χ0n) is 11.6. The maximum absolute atomic E-state index is 5.63. The molecule has 102 valence electrons. The first-order chi connectivity index (χ1) is 9.27. The number of para-hydroxylation sites is 1. The quantitative estimate of drug-likeness (QED) is 0.751. The molecule has 1 aromatic heterocycles. The zero-order valence-corrected chi connectivity index (χ0v) is 11.6. The van der Waals surface area contributed by atoms with E-state index in [1.165, 1.54) is 5.56 Å². The van der Waals surface area contributed by atoms with E-state index in [9.17, 15) is 0 Å². The minimum atomic E-state index is 0.736. The van der Waals surface area contributed by atoms with Crippen LogP contribution in [-0.2, 0) is 6.54 Å². The maximum atomic E-state index is 5.63. The number of H-pyrrole nitrogens is 1. The Balaban J connectivity index is 1.60. The molecule has 2 rings (SSSR count). The predicted molar refractivity (Wildman–Crippen MR) is 76.3 cm³/mol. The van der Waals surface area contributed by atoms with Crippen molar-refractivity contribution in [1.29, 1.82) is 0 Å². The van der Waals surface area contributed by atoms with Crippen LogP contribution >= 0.6 is 0 Å². The van der Waals surface area contributed by atoms with Gasteiger partial charge in [-0.3, -0.25) is 5.10 Å². The number of rotatable bonds is 7. The fourth-order valence-corrected chi connectivity index (χ4v) is 1.95. The number of nitrogens with one attached hydrogen (secondary N) is 2. The van der Waals surface area contributed by atoms with Gasteiger partial charge in [0.25, 0.3) is 0 Å². The predicted octanol–water partition coefficient (Wildman–Crippen LogP) is 2.59. The molecule has 19 heavy (non-hydrogen) atoms. The highest BCUT2D eigenvalue weighted by atomic mass is 16.5. The molecule has 0 saturated carbocycles. The Morgan fingerprint density at radius 2 is 2.00 bits per heavy atom. The lowest BCUT2D eigenvalue weighted by Gasteiger charge is -2.07. The molecule has 1 aromatic carbocycles. The number of hydrogen-bond donors (Lipinski definition) is 2. The highest BCUT2D eigenvalue weighted by Crippen LogP contribution is 2.09. The van der Waals surface area contributed by atoms with Gasteiger partial charge < -0.3 is 10.1 Å². The Labute approximate surface area is 114 Å². The SMILES string of the molecule is Cc1n[nH]c(C)c1CNCCCOc1ccccc1. The van der Waals surface area contributed by atoms with Crippen molar-refractivity contribution >= 4 is 0 Å². The van der Waals surface area contributed by atoms with Crippen LogP contribution < -0.4 is 10.1 Å². The maximum Gasteiger partial charge on any atom is 0.119 e. The number of hydrogen-bond acceptors (Lipinski definition) is 3. The van der Waals surface area contributed by atoms with E-state index >= 15 is 0 Å². The molecule has 0 bridgehead atoms. The molecule has 1 heterocycles. The first kappa shape index (κ1) is 13.6. The van der Waals surface area contributed by atoms with E-state index in [1.807, 2.05) is 37.3 Å². The Hall–Kier alpha value is -1.81. The summed E-state index contributed by atoms with van der Waals surface area (Å²) in [7, 11) is 0. The minimum Gasteiger partial charge on any atom is -0.494 e. The van der Waals surface area contributed by atoms with Gasteiger partial charge in [0.15, 0.2) is 0 Å². The van der Waals surface area contributed by atoms with Crippen molar-refractivity contribution in [3.05, 3.63) is 47.3 Å². The first-order valence-electron chi connectivity index (χ1n) is 6.66. The van der Waals surface area contributed by atoms with Crippen molar-refractivity contribution in [3.8, 4) is 5.75 Å². The molecular weight excluding hydrogens is 238 g/mol. The molecule has 0 aliphatic carbocycles. The molecule has 0 aliphatic rings. The molecule has 0 aliphatic heterocycles. The van der Waals surface area contributed by atoms with Crippen LogP contribution in [-0.4, -0.2) is 23.3 Å². The van der Waals surface area contributed by atoms with Crippen molar-refractivity contribution in [2.75, 3.05) is 13.2 Å². The van der Waals surface area contributed by atoms with Crippen molar-refractivity contribution in [2.45, 2.75) is 26.8 Å². The topological polar surface area (TPSA) is 49.9 Å². The summed E-state index contributed by atoms with van der Waals surface area (Å²) in [5.74, 6) is 0.934. The lowest BCUT2D eigenvalue weighted by Crippen LogP contribution is -2.17. The third-order valence-corrected chi connectivity index (χ3v) is 3.09. The van der Waals surface area contributed by atoms with Crippen LogP contribution in [0.5, 0.6) is 5.75 Å². The molecule has 0 fully saturated rings. The molecule has 0 spiro atoms. The van der Waals surface area contributed by atoms with Gasteiger partial charge in [0.05, 0.1) is 12.3 Å². The standard InChI is InChI=1S/C15H21N3O/c1-12-15(13(2)18-17-12)11-16-9-6-10-19-14-7-4-3-5-8-14/h3-5,7-8,16H,6,9-11H2,1-2H3,(H,17,18). The smallest absolute Gasteiger partial charge is 0.119 e. The molecule has 4 nitrogen and oxygen atoms in total. The molecule has 4 heteroatoms. The van der Waals surface area contributed by atoms with Crippen molar-refractivity contribution in [3.63, 3.8) is 0 Å². The Morgan fingerprint density at radius 3 is 2.68 bits per heavy atom. The lowest BCUT2D eigenvalue weighted by molar-refractivity contribution is 0.308. The van der Waals surface area contributed by atoms with Gasteiger partial charge in [0, 0.05) is 17.8 Å². The van der Waals surface area contributed by atoms with E-state index in [2.05, 4.69) is 22.4 Å². The zero-order chi connectivity index (χ0) is 13.5. The average molecular weight is 259 g/mol. The van der Waals surface area contributed by atoms with Crippen molar-refractivity contribution in [1.82, 2.24) is 15.5 Å². The first-order valence-corrected chi connectivity index (χ1v) is 6.66. The highest BCUT2D eigenvalue weighted by Gasteiger charge is 2.04. The summed E-state index contributed by atoms with van der Waals surface area (Å²) in [6.07, 6.45) is 0.991. The van der Waals surface area contributed by atoms with E-state index in [4.69, 9.17) is 4.74 Å². The summed E-state index contributed by atoms with van der Waals surface area (Å²) in [5, 5.41) is 10.6. The Kier molecular flexibility index (Phi) is 4.98. The molecule has 0 atom stereocenters. The number of aromatic amines is 1.